The molecule has 6 heteroatoms. The minimum absolute atomic E-state index is 0.0883. The highest BCUT2D eigenvalue weighted by Gasteiger charge is 2.14. The Morgan fingerprint density at radius 3 is 2.55 bits per heavy atom. The second kappa shape index (κ2) is 5.62. The first-order chi connectivity index (χ1) is 10.5. The van der Waals surface area contributed by atoms with Gasteiger partial charge in [0.1, 0.15) is 0 Å². The van der Waals surface area contributed by atoms with Crippen molar-refractivity contribution in [1.82, 2.24) is 9.55 Å². The van der Waals surface area contributed by atoms with Gasteiger partial charge in [0.25, 0.3) is 11.5 Å². The van der Waals surface area contributed by atoms with Crippen LogP contribution in [0, 0.1) is 11.7 Å². The molecule has 1 N–H and O–H groups in total. The van der Waals surface area contributed by atoms with Crippen molar-refractivity contribution in [2.24, 2.45) is 0 Å². The third-order valence-electron chi connectivity index (χ3n) is 3.36. The fourth-order valence-electron chi connectivity index (χ4n) is 2.20. The first-order valence-corrected chi connectivity index (χ1v) is 7.73. The molecule has 22 heavy (non-hydrogen) atoms. The lowest BCUT2D eigenvalue weighted by Gasteiger charge is -2.07. The number of halogens is 1. The topological polar surface area (TPSA) is 54.9 Å². The normalized spacial score (nSPS) is 10.8. The molecule has 2 aromatic carbocycles. The minimum atomic E-state index is -0.437. The zero-order valence-electron chi connectivity index (χ0n) is 11.6. The SMILES string of the molecule is Cc1ccc(C(=O)n2c(=S)[nH]c3ccc(Br)cc3c2=O)cc1. The summed E-state index contributed by atoms with van der Waals surface area (Å²) in [6, 6.07) is 12.2. The second-order valence-corrected chi connectivity index (χ2v) is 6.23. The van der Waals surface area contributed by atoms with E-state index >= 15 is 0 Å². The van der Waals surface area contributed by atoms with E-state index in [4.69, 9.17) is 12.2 Å². The van der Waals surface area contributed by atoms with E-state index in [1.54, 1.807) is 30.3 Å². The predicted octanol–water partition coefficient (Wildman–Crippen LogP) is 3.82. The van der Waals surface area contributed by atoms with Crippen LogP contribution in [0.25, 0.3) is 10.9 Å². The molecule has 0 aliphatic rings. The van der Waals surface area contributed by atoms with Gasteiger partial charge in [-0.25, -0.2) is 4.57 Å². The van der Waals surface area contributed by atoms with Gasteiger partial charge in [-0.05, 0) is 49.5 Å². The van der Waals surface area contributed by atoms with E-state index in [2.05, 4.69) is 20.9 Å². The number of H-pyrrole nitrogens is 1. The van der Waals surface area contributed by atoms with Crippen molar-refractivity contribution in [2.75, 3.05) is 0 Å². The Morgan fingerprint density at radius 1 is 1.18 bits per heavy atom. The zero-order valence-corrected chi connectivity index (χ0v) is 14.0. The van der Waals surface area contributed by atoms with Crippen molar-refractivity contribution < 1.29 is 4.79 Å². The standard InChI is InChI=1S/C16H11BrN2O2S/c1-9-2-4-10(5-3-9)14(20)19-15(21)12-8-11(17)6-7-13(12)18-16(19)22/h2-8H,1H3,(H,18,22). The van der Waals surface area contributed by atoms with Crippen LogP contribution in [0.1, 0.15) is 15.9 Å². The lowest BCUT2D eigenvalue weighted by atomic mass is 10.1. The van der Waals surface area contributed by atoms with Crippen LogP contribution in [-0.4, -0.2) is 15.5 Å². The van der Waals surface area contributed by atoms with E-state index in [1.165, 1.54) is 0 Å². The molecule has 0 amide bonds. The maximum Gasteiger partial charge on any atom is 0.269 e. The number of nitrogens with one attached hydrogen (secondary N) is 1. The van der Waals surface area contributed by atoms with Gasteiger partial charge in [-0.1, -0.05) is 33.6 Å². The number of carbonyl (C=O) groups is 1. The van der Waals surface area contributed by atoms with Crippen molar-refractivity contribution in [2.45, 2.75) is 6.92 Å². The van der Waals surface area contributed by atoms with Crippen molar-refractivity contribution >= 4 is 45.0 Å². The van der Waals surface area contributed by atoms with Gasteiger partial charge in [-0.2, -0.15) is 0 Å². The van der Waals surface area contributed by atoms with Gasteiger partial charge < -0.3 is 4.98 Å². The van der Waals surface area contributed by atoms with E-state index in [-0.39, 0.29) is 4.77 Å². The predicted molar refractivity (Wildman–Crippen MR) is 92.0 cm³/mol. The van der Waals surface area contributed by atoms with E-state index in [0.29, 0.717) is 16.5 Å². The number of aromatic amines is 1. The summed E-state index contributed by atoms with van der Waals surface area (Å²) in [5, 5.41) is 0.406. The Bertz CT molecular complexity index is 1000. The molecular formula is C16H11BrN2O2S. The van der Waals surface area contributed by atoms with Crippen LogP contribution in [0.4, 0.5) is 0 Å². The Hall–Kier alpha value is -2.05. The van der Waals surface area contributed by atoms with Gasteiger partial charge in [0, 0.05) is 10.0 Å². The highest BCUT2D eigenvalue weighted by Crippen LogP contribution is 2.15. The first-order valence-electron chi connectivity index (χ1n) is 6.53. The van der Waals surface area contributed by atoms with Gasteiger partial charge >= 0.3 is 0 Å². The maximum atomic E-state index is 12.6. The summed E-state index contributed by atoms with van der Waals surface area (Å²) in [5.41, 5.74) is 1.63. The Balaban J connectivity index is 2.26. The molecule has 4 nitrogen and oxygen atoms in total. The average molecular weight is 375 g/mol. The number of hydrogen-bond donors (Lipinski definition) is 1. The average Bonchev–Trinajstić information content (AvgIpc) is 2.49. The maximum absolute atomic E-state index is 12.6. The molecule has 110 valence electrons. The number of fused-ring (bicyclic) bond motifs is 1. The highest BCUT2D eigenvalue weighted by atomic mass is 79.9. The zero-order chi connectivity index (χ0) is 15.9. The smallest absolute Gasteiger partial charge is 0.269 e. The molecule has 0 aliphatic carbocycles. The fraction of sp³-hybridized carbons (Fsp3) is 0.0625. The van der Waals surface area contributed by atoms with Gasteiger partial charge in [0.2, 0.25) is 0 Å². The van der Waals surface area contributed by atoms with Gasteiger partial charge in [0.05, 0.1) is 10.9 Å². The van der Waals surface area contributed by atoms with Crippen LogP contribution < -0.4 is 5.56 Å². The molecule has 1 heterocycles. The van der Waals surface area contributed by atoms with Crippen LogP contribution in [0.5, 0.6) is 0 Å². The lowest BCUT2D eigenvalue weighted by molar-refractivity contribution is 0.0953. The van der Waals surface area contributed by atoms with Gasteiger partial charge in [-0.15, -0.1) is 0 Å². The second-order valence-electron chi connectivity index (χ2n) is 4.93. The van der Waals surface area contributed by atoms with Crippen molar-refractivity contribution in [3.63, 3.8) is 0 Å². The van der Waals surface area contributed by atoms with Gasteiger partial charge in [0.15, 0.2) is 4.77 Å². The number of carbonyl (C=O) groups excluding carboxylic acids is 1. The van der Waals surface area contributed by atoms with E-state index in [9.17, 15) is 9.59 Å². The monoisotopic (exact) mass is 374 g/mol. The summed E-state index contributed by atoms with van der Waals surface area (Å²) >= 11 is 8.50. The highest BCUT2D eigenvalue weighted by molar-refractivity contribution is 9.10. The summed E-state index contributed by atoms with van der Waals surface area (Å²) in [6.45, 7) is 1.93. The molecule has 0 saturated heterocycles. The van der Waals surface area contributed by atoms with E-state index in [0.717, 1.165) is 14.6 Å². The largest absolute Gasteiger partial charge is 0.331 e. The van der Waals surface area contributed by atoms with Crippen LogP contribution in [0.2, 0.25) is 0 Å². The molecule has 0 spiro atoms. The molecule has 3 rings (SSSR count). The lowest BCUT2D eigenvalue weighted by Crippen LogP contribution is -2.29. The summed E-state index contributed by atoms with van der Waals surface area (Å²) < 4.78 is 1.84. The number of nitrogens with zero attached hydrogens (tertiary/aromatic N) is 1. The number of rotatable bonds is 1. The van der Waals surface area contributed by atoms with Crippen molar-refractivity contribution in [3.05, 3.63) is 73.2 Å². The summed E-state index contributed by atoms with van der Waals surface area (Å²) in [4.78, 5) is 28.1. The van der Waals surface area contributed by atoms with E-state index in [1.807, 2.05) is 19.1 Å². The van der Waals surface area contributed by atoms with Crippen LogP contribution >= 0.6 is 28.1 Å². The summed E-state index contributed by atoms with van der Waals surface area (Å²) in [5.74, 6) is -0.437. The van der Waals surface area contributed by atoms with E-state index < -0.39 is 11.5 Å². The minimum Gasteiger partial charge on any atom is -0.331 e. The fourth-order valence-corrected chi connectivity index (χ4v) is 2.83. The van der Waals surface area contributed by atoms with Gasteiger partial charge in [-0.3, -0.25) is 9.59 Å². The number of hydrogen-bond acceptors (Lipinski definition) is 3. The third-order valence-corrected chi connectivity index (χ3v) is 4.14. The van der Waals surface area contributed by atoms with Crippen LogP contribution in [0.15, 0.2) is 51.7 Å². The molecule has 3 aromatic rings. The molecule has 0 atom stereocenters. The molecule has 0 fully saturated rings. The summed E-state index contributed by atoms with van der Waals surface area (Å²) in [6.07, 6.45) is 0. The third kappa shape index (κ3) is 2.55. The Labute approximate surface area is 139 Å². The number of benzene rings is 2. The molecule has 0 saturated carbocycles. The number of aryl methyl sites for hydroxylation is 1. The molecule has 0 bridgehead atoms. The number of aromatic nitrogens is 2. The quantitative estimate of drug-likeness (QED) is 0.658. The van der Waals surface area contributed by atoms with Crippen LogP contribution in [-0.2, 0) is 0 Å². The summed E-state index contributed by atoms with van der Waals surface area (Å²) in [7, 11) is 0. The molecule has 0 unspecified atom stereocenters. The van der Waals surface area contributed by atoms with Crippen LogP contribution in [0.3, 0.4) is 0 Å². The van der Waals surface area contributed by atoms with Crippen molar-refractivity contribution in [3.8, 4) is 0 Å². The first kappa shape index (κ1) is 14.9. The molecule has 0 aliphatic heterocycles. The molecule has 1 aromatic heterocycles. The van der Waals surface area contributed by atoms with Crippen molar-refractivity contribution in [1.29, 1.82) is 0 Å². The Kier molecular flexibility index (Phi) is 3.80. The molecular weight excluding hydrogens is 364 g/mol. The Morgan fingerprint density at radius 2 is 1.86 bits per heavy atom. The molecule has 0 radical (unpaired) electrons.